The molecular formula is C20H18Cl2N6O3. The molecule has 9 nitrogen and oxygen atoms in total. The maximum Gasteiger partial charge on any atom is 0.247 e. The molecule has 0 aliphatic carbocycles. The zero-order valence-corrected chi connectivity index (χ0v) is 17.9. The van der Waals surface area contributed by atoms with E-state index in [2.05, 4.69) is 27.4 Å². The molecule has 2 unspecified atom stereocenters. The molecule has 1 aliphatic rings. The highest BCUT2D eigenvalue weighted by atomic mass is 35.5. The Kier molecular flexibility index (Phi) is 5.71. The molecule has 0 radical (unpaired) electrons. The van der Waals surface area contributed by atoms with Gasteiger partial charge in [0, 0.05) is 21.3 Å². The molecule has 11 heteroatoms. The highest BCUT2D eigenvalue weighted by Crippen LogP contribution is 2.40. The minimum atomic E-state index is -0.764. The number of aromatic nitrogens is 4. The number of nitrogens with two attached hydrogens (primary N) is 1. The number of carbonyl (C=O) groups excluding carboxylic acids is 1. The van der Waals surface area contributed by atoms with Gasteiger partial charge < -0.3 is 20.5 Å². The number of nitrogens with one attached hydrogen (secondary N) is 1. The molecule has 4 rings (SSSR count). The number of fused-ring (bicyclic) bond motifs is 1. The molecule has 31 heavy (non-hydrogen) atoms. The fourth-order valence-electron chi connectivity index (χ4n) is 3.46. The monoisotopic (exact) mass is 460 g/mol. The highest BCUT2D eigenvalue weighted by Gasteiger charge is 2.39. The molecule has 1 aromatic heterocycles. The SMILES string of the molecule is C=C1Nc2nnnn2C(c2ccc(OCc3ccc(Cl)cc3Cl)c(OC)c2)C1C(N)=O. The summed E-state index contributed by atoms with van der Waals surface area (Å²) in [5, 5.41) is 15.6. The number of ether oxygens (including phenoxy) is 2. The van der Waals surface area contributed by atoms with Gasteiger partial charge in [0.25, 0.3) is 0 Å². The molecule has 2 atom stereocenters. The third kappa shape index (κ3) is 4.01. The molecule has 0 bridgehead atoms. The van der Waals surface area contributed by atoms with Gasteiger partial charge in [-0.25, -0.2) is 4.68 Å². The van der Waals surface area contributed by atoms with Crippen molar-refractivity contribution in [2.75, 3.05) is 12.4 Å². The second-order valence-electron chi connectivity index (χ2n) is 6.86. The lowest BCUT2D eigenvalue weighted by Gasteiger charge is -2.32. The molecule has 1 aliphatic heterocycles. The molecule has 2 aromatic carbocycles. The number of hydrogen-bond acceptors (Lipinski definition) is 7. The summed E-state index contributed by atoms with van der Waals surface area (Å²) in [5.41, 5.74) is 7.54. The molecule has 0 spiro atoms. The fourth-order valence-corrected chi connectivity index (χ4v) is 3.92. The summed E-state index contributed by atoms with van der Waals surface area (Å²) in [5.74, 6) is 0.00649. The van der Waals surface area contributed by atoms with Crippen molar-refractivity contribution in [2.45, 2.75) is 12.6 Å². The lowest BCUT2D eigenvalue weighted by Crippen LogP contribution is -2.40. The van der Waals surface area contributed by atoms with Gasteiger partial charge in [0.05, 0.1) is 13.2 Å². The minimum Gasteiger partial charge on any atom is -0.493 e. The maximum absolute atomic E-state index is 12.2. The van der Waals surface area contributed by atoms with Crippen LogP contribution in [0.3, 0.4) is 0 Å². The number of hydrogen-bond donors (Lipinski definition) is 2. The largest absolute Gasteiger partial charge is 0.493 e. The molecule has 0 fully saturated rings. The first-order valence-electron chi connectivity index (χ1n) is 9.16. The van der Waals surface area contributed by atoms with Gasteiger partial charge in [-0.1, -0.05) is 47.0 Å². The van der Waals surface area contributed by atoms with Crippen LogP contribution in [0.1, 0.15) is 17.2 Å². The minimum absolute atomic E-state index is 0.219. The molecule has 3 aromatic rings. The Morgan fingerprint density at radius 3 is 2.77 bits per heavy atom. The molecule has 2 heterocycles. The predicted molar refractivity (Wildman–Crippen MR) is 115 cm³/mol. The summed E-state index contributed by atoms with van der Waals surface area (Å²) in [6.07, 6.45) is 0. The van der Waals surface area contributed by atoms with Crippen LogP contribution in [0.5, 0.6) is 11.5 Å². The first-order chi connectivity index (χ1) is 14.9. The number of nitrogens with zero attached hydrogens (tertiary/aromatic N) is 4. The van der Waals surface area contributed by atoms with E-state index in [9.17, 15) is 4.79 Å². The number of carbonyl (C=O) groups is 1. The van der Waals surface area contributed by atoms with Crippen molar-refractivity contribution in [3.05, 3.63) is 69.8 Å². The van der Waals surface area contributed by atoms with Gasteiger partial charge >= 0.3 is 0 Å². The normalized spacial score (nSPS) is 17.6. The van der Waals surface area contributed by atoms with E-state index in [-0.39, 0.29) is 6.61 Å². The number of tetrazole rings is 1. The summed E-state index contributed by atoms with van der Waals surface area (Å²) in [6, 6.07) is 9.89. The number of methoxy groups -OCH3 is 1. The molecular weight excluding hydrogens is 443 g/mol. The summed E-state index contributed by atoms with van der Waals surface area (Å²) in [4.78, 5) is 12.2. The van der Waals surface area contributed by atoms with Gasteiger partial charge in [-0.15, -0.1) is 0 Å². The van der Waals surface area contributed by atoms with E-state index in [0.717, 1.165) is 5.56 Å². The van der Waals surface area contributed by atoms with E-state index in [1.807, 2.05) is 0 Å². The average Bonchev–Trinajstić information content (AvgIpc) is 3.19. The Bertz CT molecular complexity index is 1170. The quantitative estimate of drug-likeness (QED) is 0.579. The predicted octanol–water partition coefficient (Wildman–Crippen LogP) is 3.20. The van der Waals surface area contributed by atoms with Crippen LogP contribution in [0.15, 0.2) is 48.7 Å². The number of benzene rings is 2. The Morgan fingerprint density at radius 1 is 1.26 bits per heavy atom. The molecule has 0 saturated carbocycles. The molecule has 160 valence electrons. The number of amides is 1. The lowest BCUT2D eigenvalue weighted by atomic mass is 9.88. The first kappa shape index (κ1) is 21.0. The third-order valence-electron chi connectivity index (χ3n) is 4.95. The van der Waals surface area contributed by atoms with Crippen molar-refractivity contribution in [3.8, 4) is 11.5 Å². The summed E-state index contributed by atoms with van der Waals surface area (Å²) in [7, 11) is 1.52. The van der Waals surface area contributed by atoms with Crippen LogP contribution in [0.25, 0.3) is 0 Å². The Balaban J connectivity index is 1.66. The van der Waals surface area contributed by atoms with Crippen molar-refractivity contribution in [3.63, 3.8) is 0 Å². The number of rotatable bonds is 6. The van der Waals surface area contributed by atoms with Gasteiger partial charge in [0.15, 0.2) is 11.5 Å². The van der Waals surface area contributed by atoms with Crippen LogP contribution in [0, 0.1) is 5.92 Å². The lowest BCUT2D eigenvalue weighted by molar-refractivity contribution is -0.121. The van der Waals surface area contributed by atoms with Gasteiger partial charge in [-0.05, 0) is 40.3 Å². The number of primary amides is 1. The van der Waals surface area contributed by atoms with Gasteiger partial charge in [0.2, 0.25) is 11.9 Å². The number of halogens is 2. The zero-order valence-electron chi connectivity index (χ0n) is 16.4. The van der Waals surface area contributed by atoms with Gasteiger partial charge in [0.1, 0.15) is 12.5 Å². The Labute approximate surface area is 187 Å². The molecule has 0 saturated heterocycles. The van der Waals surface area contributed by atoms with Crippen LogP contribution in [-0.2, 0) is 11.4 Å². The van der Waals surface area contributed by atoms with Crippen LogP contribution < -0.4 is 20.5 Å². The van der Waals surface area contributed by atoms with E-state index in [1.54, 1.807) is 36.4 Å². The highest BCUT2D eigenvalue weighted by molar-refractivity contribution is 6.35. The molecule has 1 amide bonds. The Morgan fingerprint density at radius 2 is 2.06 bits per heavy atom. The third-order valence-corrected chi connectivity index (χ3v) is 5.54. The van der Waals surface area contributed by atoms with Crippen molar-refractivity contribution in [2.24, 2.45) is 11.7 Å². The maximum atomic E-state index is 12.2. The van der Waals surface area contributed by atoms with E-state index in [4.69, 9.17) is 38.4 Å². The smallest absolute Gasteiger partial charge is 0.247 e. The summed E-state index contributed by atoms with van der Waals surface area (Å²) < 4.78 is 12.9. The van der Waals surface area contributed by atoms with Crippen molar-refractivity contribution in [1.29, 1.82) is 0 Å². The van der Waals surface area contributed by atoms with Crippen LogP contribution in [0.2, 0.25) is 10.0 Å². The van der Waals surface area contributed by atoms with E-state index in [0.29, 0.717) is 38.8 Å². The number of anilines is 1. The van der Waals surface area contributed by atoms with Crippen molar-refractivity contribution < 1.29 is 14.3 Å². The van der Waals surface area contributed by atoms with Gasteiger partial charge in [-0.3, -0.25) is 4.79 Å². The second kappa shape index (κ2) is 8.44. The zero-order chi connectivity index (χ0) is 22.1. The summed E-state index contributed by atoms with van der Waals surface area (Å²) in [6.45, 7) is 4.13. The standard InChI is InChI=1S/C20H18Cl2N6O3/c1-10-17(19(23)29)18(28-20(24-10)25-26-27-28)11-4-6-15(16(7-11)30-2)31-9-12-3-5-13(21)8-14(12)22/h3-8,17-18H,1,9H2,2H3,(H2,23,29)(H,24,25,27). The second-order valence-corrected chi connectivity index (χ2v) is 7.70. The van der Waals surface area contributed by atoms with Gasteiger partial charge in [-0.2, -0.15) is 0 Å². The first-order valence-corrected chi connectivity index (χ1v) is 9.92. The average molecular weight is 461 g/mol. The van der Waals surface area contributed by atoms with Crippen LogP contribution >= 0.6 is 23.2 Å². The van der Waals surface area contributed by atoms with Crippen molar-refractivity contribution in [1.82, 2.24) is 20.2 Å². The van der Waals surface area contributed by atoms with Crippen LogP contribution in [0.4, 0.5) is 5.95 Å². The topological polar surface area (TPSA) is 117 Å². The van der Waals surface area contributed by atoms with E-state index < -0.39 is 17.9 Å². The Hall–Kier alpha value is -3.30. The van der Waals surface area contributed by atoms with E-state index >= 15 is 0 Å². The summed E-state index contributed by atoms with van der Waals surface area (Å²) >= 11 is 12.2. The van der Waals surface area contributed by atoms with Crippen LogP contribution in [-0.4, -0.2) is 33.2 Å². The van der Waals surface area contributed by atoms with E-state index in [1.165, 1.54) is 11.8 Å². The molecule has 3 N–H and O–H groups in total. The fraction of sp³-hybridized carbons (Fsp3) is 0.200. The van der Waals surface area contributed by atoms with Crippen molar-refractivity contribution >= 4 is 35.1 Å².